The number of rotatable bonds is 5. The van der Waals surface area contributed by atoms with Crippen molar-refractivity contribution in [1.82, 2.24) is 0 Å². The lowest BCUT2D eigenvalue weighted by molar-refractivity contribution is -0.116. The molecule has 88 valence electrons. The van der Waals surface area contributed by atoms with Crippen LogP contribution in [0.15, 0.2) is 18.2 Å². The zero-order valence-electron chi connectivity index (χ0n) is 9.29. The van der Waals surface area contributed by atoms with Gasteiger partial charge in [-0.05, 0) is 18.6 Å². The van der Waals surface area contributed by atoms with Crippen molar-refractivity contribution in [1.29, 1.82) is 0 Å². The number of anilines is 1. The third kappa shape index (κ3) is 4.11. The molecule has 3 nitrogen and oxygen atoms in total. The smallest absolute Gasteiger partial charge is 0.224 e. The molecule has 0 heterocycles. The maximum Gasteiger partial charge on any atom is 0.224 e. The molecule has 0 bridgehead atoms. The van der Waals surface area contributed by atoms with Crippen LogP contribution in [0.1, 0.15) is 32.6 Å². The second kappa shape index (κ2) is 6.38. The van der Waals surface area contributed by atoms with Gasteiger partial charge in [-0.1, -0.05) is 31.4 Å². The molecule has 0 saturated carbocycles. The summed E-state index contributed by atoms with van der Waals surface area (Å²) in [5, 5.41) is 12.2. The van der Waals surface area contributed by atoms with E-state index in [9.17, 15) is 4.79 Å². The minimum Gasteiger partial charge on any atom is -0.508 e. The van der Waals surface area contributed by atoms with E-state index < -0.39 is 0 Å². The van der Waals surface area contributed by atoms with Crippen LogP contribution in [0.25, 0.3) is 0 Å². The number of aromatic hydroxyl groups is 1. The predicted molar refractivity (Wildman–Crippen MR) is 65.9 cm³/mol. The van der Waals surface area contributed by atoms with E-state index in [1.54, 1.807) is 6.07 Å². The Morgan fingerprint density at radius 3 is 2.81 bits per heavy atom. The summed E-state index contributed by atoms with van der Waals surface area (Å²) in [5.74, 6) is 0.0509. The van der Waals surface area contributed by atoms with E-state index in [1.165, 1.54) is 12.1 Å². The third-order valence-electron chi connectivity index (χ3n) is 2.23. The Morgan fingerprint density at radius 2 is 2.19 bits per heavy atom. The fourth-order valence-electron chi connectivity index (χ4n) is 1.35. The Hall–Kier alpha value is -1.22. The lowest BCUT2D eigenvalue weighted by atomic mass is 10.2. The molecule has 1 aromatic carbocycles. The highest BCUT2D eigenvalue weighted by atomic mass is 35.5. The number of nitrogens with one attached hydrogen (secondary N) is 1. The maximum atomic E-state index is 11.5. The van der Waals surface area contributed by atoms with Crippen LogP contribution in [0, 0.1) is 0 Å². The number of halogens is 1. The normalized spacial score (nSPS) is 10.1. The molecule has 4 heteroatoms. The van der Waals surface area contributed by atoms with Gasteiger partial charge in [0.15, 0.2) is 0 Å². The van der Waals surface area contributed by atoms with Gasteiger partial charge in [-0.2, -0.15) is 0 Å². The summed E-state index contributed by atoms with van der Waals surface area (Å²) < 4.78 is 0. The Bertz CT molecular complexity index is 366. The first-order chi connectivity index (χ1) is 7.63. The Balaban J connectivity index is 2.49. The SMILES string of the molecule is CCCCCC(=O)Nc1ccc(O)cc1Cl. The number of hydrogen-bond donors (Lipinski definition) is 2. The summed E-state index contributed by atoms with van der Waals surface area (Å²) >= 11 is 5.86. The number of phenolic OH excluding ortho intramolecular Hbond substituents is 1. The van der Waals surface area contributed by atoms with Gasteiger partial charge in [0.25, 0.3) is 0 Å². The second-order valence-corrected chi connectivity index (χ2v) is 4.08. The van der Waals surface area contributed by atoms with Crippen molar-refractivity contribution in [2.24, 2.45) is 0 Å². The van der Waals surface area contributed by atoms with Crippen molar-refractivity contribution in [2.75, 3.05) is 5.32 Å². The molecule has 0 aliphatic rings. The highest BCUT2D eigenvalue weighted by Gasteiger charge is 2.05. The molecule has 0 aromatic heterocycles. The molecule has 0 saturated heterocycles. The summed E-state index contributed by atoms with van der Waals surface area (Å²) in [6.07, 6.45) is 3.53. The van der Waals surface area contributed by atoms with Crippen molar-refractivity contribution in [2.45, 2.75) is 32.6 Å². The van der Waals surface area contributed by atoms with Crippen LogP contribution in [-0.2, 0) is 4.79 Å². The van der Waals surface area contributed by atoms with Crippen LogP contribution in [-0.4, -0.2) is 11.0 Å². The zero-order valence-corrected chi connectivity index (χ0v) is 10.0. The first-order valence-corrected chi connectivity index (χ1v) is 5.79. The molecular weight excluding hydrogens is 226 g/mol. The number of unbranched alkanes of at least 4 members (excludes halogenated alkanes) is 2. The van der Waals surface area contributed by atoms with Crippen LogP contribution in [0.5, 0.6) is 5.75 Å². The minimum absolute atomic E-state index is 0.0407. The van der Waals surface area contributed by atoms with Crippen molar-refractivity contribution in [3.05, 3.63) is 23.2 Å². The lowest BCUT2D eigenvalue weighted by Crippen LogP contribution is -2.11. The van der Waals surface area contributed by atoms with Gasteiger partial charge in [0.1, 0.15) is 5.75 Å². The van der Waals surface area contributed by atoms with E-state index in [-0.39, 0.29) is 11.7 Å². The number of hydrogen-bond acceptors (Lipinski definition) is 2. The number of carbonyl (C=O) groups is 1. The van der Waals surface area contributed by atoms with E-state index in [4.69, 9.17) is 16.7 Å². The molecule has 1 aromatic rings. The second-order valence-electron chi connectivity index (χ2n) is 3.67. The van der Waals surface area contributed by atoms with E-state index in [0.29, 0.717) is 17.1 Å². The van der Waals surface area contributed by atoms with Gasteiger partial charge in [0, 0.05) is 12.5 Å². The summed E-state index contributed by atoms with van der Waals surface area (Å²) in [6, 6.07) is 4.49. The van der Waals surface area contributed by atoms with Crippen LogP contribution >= 0.6 is 11.6 Å². The fourth-order valence-corrected chi connectivity index (χ4v) is 1.58. The zero-order chi connectivity index (χ0) is 12.0. The first-order valence-electron chi connectivity index (χ1n) is 5.42. The van der Waals surface area contributed by atoms with E-state index >= 15 is 0 Å². The van der Waals surface area contributed by atoms with Gasteiger partial charge in [-0.25, -0.2) is 0 Å². The topological polar surface area (TPSA) is 49.3 Å². The van der Waals surface area contributed by atoms with Gasteiger partial charge >= 0.3 is 0 Å². The quantitative estimate of drug-likeness (QED) is 0.612. The van der Waals surface area contributed by atoms with Gasteiger partial charge in [0.05, 0.1) is 10.7 Å². The Morgan fingerprint density at radius 1 is 1.44 bits per heavy atom. The van der Waals surface area contributed by atoms with E-state index in [1.807, 2.05) is 0 Å². The first kappa shape index (κ1) is 12.8. The average molecular weight is 242 g/mol. The molecular formula is C12H16ClNO2. The molecule has 16 heavy (non-hydrogen) atoms. The number of phenols is 1. The monoisotopic (exact) mass is 241 g/mol. The van der Waals surface area contributed by atoms with Crippen LogP contribution in [0.2, 0.25) is 5.02 Å². The van der Waals surface area contributed by atoms with Gasteiger partial charge in [-0.3, -0.25) is 4.79 Å². The minimum atomic E-state index is -0.0407. The largest absolute Gasteiger partial charge is 0.508 e. The number of benzene rings is 1. The van der Waals surface area contributed by atoms with Gasteiger partial charge < -0.3 is 10.4 Å². The summed E-state index contributed by atoms with van der Waals surface area (Å²) in [7, 11) is 0. The van der Waals surface area contributed by atoms with Gasteiger partial charge in [-0.15, -0.1) is 0 Å². The van der Waals surface area contributed by atoms with E-state index in [2.05, 4.69) is 12.2 Å². The molecule has 1 rings (SSSR count). The van der Waals surface area contributed by atoms with Crippen molar-refractivity contribution in [3.8, 4) is 5.75 Å². The lowest BCUT2D eigenvalue weighted by Gasteiger charge is -2.07. The van der Waals surface area contributed by atoms with Crippen molar-refractivity contribution in [3.63, 3.8) is 0 Å². The summed E-state index contributed by atoms with van der Waals surface area (Å²) in [4.78, 5) is 11.5. The molecule has 1 amide bonds. The van der Waals surface area contributed by atoms with Gasteiger partial charge in [0.2, 0.25) is 5.91 Å². The molecule has 0 unspecified atom stereocenters. The van der Waals surface area contributed by atoms with Crippen molar-refractivity contribution >= 4 is 23.2 Å². The maximum absolute atomic E-state index is 11.5. The van der Waals surface area contributed by atoms with E-state index in [0.717, 1.165) is 19.3 Å². The molecule has 0 fully saturated rings. The third-order valence-corrected chi connectivity index (χ3v) is 2.55. The fraction of sp³-hybridized carbons (Fsp3) is 0.417. The van der Waals surface area contributed by atoms with Crippen LogP contribution in [0.3, 0.4) is 0 Å². The van der Waals surface area contributed by atoms with Crippen LogP contribution in [0.4, 0.5) is 5.69 Å². The Labute approximate surface area is 100 Å². The summed E-state index contributed by atoms with van der Waals surface area (Å²) in [5.41, 5.74) is 0.543. The number of carbonyl (C=O) groups excluding carboxylic acids is 1. The molecule has 2 N–H and O–H groups in total. The summed E-state index contributed by atoms with van der Waals surface area (Å²) in [6.45, 7) is 2.09. The van der Waals surface area contributed by atoms with Crippen molar-refractivity contribution < 1.29 is 9.90 Å². The molecule has 0 aliphatic heterocycles. The predicted octanol–water partition coefficient (Wildman–Crippen LogP) is 3.56. The highest BCUT2D eigenvalue weighted by Crippen LogP contribution is 2.26. The molecule has 0 atom stereocenters. The van der Waals surface area contributed by atoms with Crippen LogP contribution < -0.4 is 5.32 Å². The standard InChI is InChI=1S/C12H16ClNO2/c1-2-3-4-5-12(16)14-11-7-6-9(15)8-10(11)13/h6-8,15H,2-5H2,1H3,(H,14,16). The molecule has 0 spiro atoms. The molecule has 0 aliphatic carbocycles. The Kier molecular flexibility index (Phi) is 5.12. The highest BCUT2D eigenvalue weighted by molar-refractivity contribution is 6.33. The number of amides is 1. The average Bonchev–Trinajstić information content (AvgIpc) is 2.23. The molecule has 0 radical (unpaired) electrons.